The van der Waals surface area contributed by atoms with Gasteiger partial charge in [0.15, 0.2) is 5.82 Å². The summed E-state index contributed by atoms with van der Waals surface area (Å²) in [6.07, 6.45) is 2.05. The van der Waals surface area contributed by atoms with Crippen LogP contribution in [-0.4, -0.2) is 22.8 Å². The van der Waals surface area contributed by atoms with Crippen LogP contribution in [0.1, 0.15) is 38.9 Å². The Hall–Kier alpha value is -19.5. The summed E-state index contributed by atoms with van der Waals surface area (Å²) in [7, 11) is 0. The number of furan rings is 2. The molecule has 644 valence electrons. The van der Waals surface area contributed by atoms with Crippen molar-refractivity contribution in [3.05, 3.63) is 479 Å². The van der Waals surface area contributed by atoms with E-state index in [4.69, 9.17) is 39.1 Å². The Labute approximate surface area is 786 Å². The Balaban J connectivity index is 0.000000106. The number of para-hydroxylation sites is 10. The predicted octanol–water partition coefficient (Wildman–Crippen LogP) is 32.5. The average Bonchev–Trinajstić information content (AvgIpc) is 1.54. The van der Waals surface area contributed by atoms with Crippen molar-refractivity contribution < 1.29 is 22.0 Å². The largest absolute Gasteiger partial charge is 0.455 e. The number of nitrogens with zero attached hydrogens (tertiary/aromatic N) is 11. The SMILES string of the molecule is [C-]#[N+]c1cc(-n2c3ccccc3c3ccccc32)c(-n2c3ccc(-n4c5ccccc5c5ccccc54)cc3c3c4oc5ccccc5c4ccc32)cc1C#N.[C-]#[N+]c1cc(-n2c3ccccc3c3ccccc32)c(F)cc1C#N.[C-]#[N+]c1cc(F)c(F)cc1C#N.c1ccc2c(c1)Cc1ccccc1-2.c1ccc2c(c1)oc1c3c(ccc12)Cc1ccc(-n2c4ccccc4c4ccccc42)cc1-3. The first kappa shape index (κ1) is 81.7. The number of rotatable bonds is 5. The number of hydrogen-bond acceptors (Lipinski definition) is 5. The highest BCUT2D eigenvalue weighted by Gasteiger charge is 2.30. The van der Waals surface area contributed by atoms with Gasteiger partial charge in [0.2, 0.25) is 17.1 Å². The van der Waals surface area contributed by atoms with Gasteiger partial charge in [0.25, 0.3) is 0 Å². The molecule has 2 aliphatic rings. The van der Waals surface area contributed by atoms with Crippen LogP contribution in [0.3, 0.4) is 0 Å². The number of nitriles is 3. The number of halogens is 3. The molecule has 0 saturated carbocycles. The lowest BCUT2D eigenvalue weighted by Crippen LogP contribution is -2.04. The van der Waals surface area contributed by atoms with Crippen LogP contribution in [0.2, 0.25) is 0 Å². The summed E-state index contributed by atoms with van der Waals surface area (Å²) >= 11 is 0. The molecule has 0 radical (unpaired) electrons. The molecule has 0 saturated heterocycles. The van der Waals surface area contributed by atoms with Gasteiger partial charge in [-0.2, -0.15) is 15.8 Å². The molecule has 0 amide bonds. The molecule has 0 unspecified atom stereocenters. The molecule has 7 aromatic heterocycles. The topological polar surface area (TPSA) is 135 Å². The van der Waals surface area contributed by atoms with Gasteiger partial charge in [0, 0.05) is 87.0 Å². The second-order valence-corrected chi connectivity index (χ2v) is 34.2. The second kappa shape index (κ2) is 33.1. The summed E-state index contributed by atoms with van der Waals surface area (Å²) in [5, 5.41) is 43.6. The molecule has 13 nitrogen and oxygen atoms in total. The van der Waals surface area contributed by atoms with Gasteiger partial charge in [0.1, 0.15) is 34.0 Å². The van der Waals surface area contributed by atoms with E-state index in [1.807, 2.05) is 103 Å². The quantitative estimate of drug-likeness (QED) is 0.158. The van der Waals surface area contributed by atoms with Crippen LogP contribution in [0.15, 0.2) is 397 Å². The van der Waals surface area contributed by atoms with Gasteiger partial charge in [-0.3, -0.25) is 0 Å². The van der Waals surface area contributed by atoms with Crippen molar-refractivity contribution in [3.63, 3.8) is 0 Å². The maximum absolute atomic E-state index is 14.7. The summed E-state index contributed by atoms with van der Waals surface area (Å²) in [5.41, 5.74) is 29.6. The van der Waals surface area contributed by atoms with Crippen LogP contribution in [0.25, 0.3) is 218 Å². The lowest BCUT2D eigenvalue weighted by atomic mass is 10.0. The Kier molecular flexibility index (Phi) is 19.6. The molecule has 26 aromatic rings. The van der Waals surface area contributed by atoms with Crippen LogP contribution in [0.4, 0.5) is 30.2 Å². The summed E-state index contributed by atoms with van der Waals surface area (Å²) in [6.45, 7) is 21.9. The Morgan fingerprint density at radius 3 is 1.04 bits per heavy atom. The van der Waals surface area contributed by atoms with E-state index in [2.05, 4.69) is 306 Å². The van der Waals surface area contributed by atoms with Crippen LogP contribution in [-0.2, 0) is 12.8 Å². The van der Waals surface area contributed by atoms with E-state index in [-0.39, 0.29) is 28.2 Å². The lowest BCUT2D eigenvalue weighted by Gasteiger charge is -2.18. The van der Waals surface area contributed by atoms with Crippen LogP contribution >= 0.6 is 0 Å². The monoisotopic (exact) mass is 1780 g/mol. The minimum absolute atomic E-state index is 0.0482. The molecule has 0 bridgehead atoms. The van der Waals surface area contributed by atoms with Crippen molar-refractivity contribution in [1.82, 2.24) is 22.8 Å². The molecule has 16 heteroatoms. The maximum atomic E-state index is 14.7. The van der Waals surface area contributed by atoms with Gasteiger partial charge in [-0.25, -0.2) is 27.7 Å². The smallest absolute Gasteiger partial charge is 0.207 e. The van der Waals surface area contributed by atoms with Gasteiger partial charge in [0.05, 0.1) is 132 Å². The highest BCUT2D eigenvalue weighted by molar-refractivity contribution is 6.25. The van der Waals surface area contributed by atoms with E-state index in [0.29, 0.717) is 23.4 Å². The molecule has 138 heavy (non-hydrogen) atoms. The standard InChI is InChI=1S/C50H27N5O.C31H19NO.C20H10FN3.C13H10.C8H2F2N2/c1-52-39-28-47(54-42-19-9-4-14-34(42)35-15-5-10-20-43(35)54)46(26-30(39)29-51)55-44-24-22-31(53-40-17-7-2-12-32(40)33-13-3-8-18-41(33)53)27-38(44)49-45(55)25-23-37-36-16-6-11-21-48(36)56-50(37)49;1-4-10-27-22(7-1)23-8-2-5-11-28(23)32(27)21-15-13-19-17-20-14-16-25-24-9-3-6-12-29(24)33-31(25)30(20)26(19)18-21;1-23-17-11-20(16(21)10-13(17)12-22)24-18-8-4-2-6-14(18)15-7-3-5-9-19(15)24;1-3-7-12-10(5-1)9-11-6-2-4-8-13(11)12;1-12-8-3-7(10)6(9)2-5(8)4-11/h2-28H;1-16,18H,17H2;2-11H;1-8H,9H2;2-3H. The van der Waals surface area contributed by atoms with E-state index in [1.165, 1.54) is 99.6 Å². The Bertz CT molecular complexity index is 9690. The minimum atomic E-state index is -1.11. The highest BCUT2D eigenvalue weighted by atomic mass is 19.2. The van der Waals surface area contributed by atoms with Gasteiger partial charge in [-0.1, -0.05) is 249 Å². The van der Waals surface area contributed by atoms with Gasteiger partial charge in [-0.05, 0) is 191 Å². The molecular formula is C122H68F3N11O2. The third-order valence-electron chi connectivity index (χ3n) is 26.8. The van der Waals surface area contributed by atoms with Crippen molar-refractivity contribution in [3.8, 4) is 68.9 Å². The first-order valence-corrected chi connectivity index (χ1v) is 44.9. The molecule has 28 rings (SSSR count). The zero-order valence-corrected chi connectivity index (χ0v) is 73.2. The van der Waals surface area contributed by atoms with Crippen LogP contribution in [0.5, 0.6) is 0 Å². The predicted molar refractivity (Wildman–Crippen MR) is 548 cm³/mol. The fourth-order valence-electron chi connectivity index (χ4n) is 20.8. The highest BCUT2D eigenvalue weighted by Crippen LogP contribution is 2.50. The fraction of sp³-hybridized carbons (Fsp3) is 0.0164. The van der Waals surface area contributed by atoms with E-state index < -0.39 is 17.5 Å². The number of fused-ring (bicyclic) bond motifs is 29. The molecule has 7 heterocycles. The zero-order chi connectivity index (χ0) is 93.1. The van der Waals surface area contributed by atoms with Gasteiger partial charge < -0.3 is 31.7 Å². The van der Waals surface area contributed by atoms with Gasteiger partial charge >= 0.3 is 0 Å². The minimum Gasteiger partial charge on any atom is -0.455 e. The zero-order valence-electron chi connectivity index (χ0n) is 73.2. The molecule has 19 aromatic carbocycles. The number of hydrogen-bond donors (Lipinski definition) is 0. The Morgan fingerprint density at radius 1 is 0.246 bits per heavy atom. The van der Waals surface area contributed by atoms with Crippen molar-refractivity contribution in [1.29, 1.82) is 15.8 Å². The first-order chi connectivity index (χ1) is 68.0. The van der Waals surface area contributed by atoms with Crippen molar-refractivity contribution in [2.75, 3.05) is 0 Å². The molecule has 0 N–H and O–H groups in total. The summed E-state index contributed by atoms with van der Waals surface area (Å²) in [4.78, 5) is 10.1. The number of aromatic nitrogens is 5. The normalized spacial score (nSPS) is 11.6. The van der Waals surface area contributed by atoms with Crippen LogP contribution in [0, 0.1) is 71.2 Å². The molecular weight excluding hydrogens is 1710 g/mol. The first-order valence-electron chi connectivity index (χ1n) is 44.9. The Morgan fingerprint density at radius 2 is 0.565 bits per heavy atom. The molecule has 0 atom stereocenters. The molecule has 0 fully saturated rings. The van der Waals surface area contributed by atoms with E-state index in [9.17, 15) is 18.4 Å². The van der Waals surface area contributed by atoms with Crippen molar-refractivity contribution >= 4 is 170 Å². The maximum Gasteiger partial charge on any atom is 0.207 e. The summed E-state index contributed by atoms with van der Waals surface area (Å²) in [5.74, 6) is -2.75. The molecule has 2 aliphatic carbocycles. The summed E-state index contributed by atoms with van der Waals surface area (Å²) in [6, 6.07) is 136. The summed E-state index contributed by atoms with van der Waals surface area (Å²) < 4.78 is 63.8. The van der Waals surface area contributed by atoms with E-state index >= 15 is 0 Å². The van der Waals surface area contributed by atoms with Crippen LogP contribution < -0.4 is 0 Å². The lowest BCUT2D eigenvalue weighted by molar-refractivity contribution is 0.509. The van der Waals surface area contributed by atoms with Gasteiger partial charge in [-0.15, -0.1) is 0 Å². The number of benzene rings is 19. The van der Waals surface area contributed by atoms with E-state index in [0.717, 1.165) is 146 Å². The third-order valence-corrected chi connectivity index (χ3v) is 26.8. The fourth-order valence-corrected chi connectivity index (χ4v) is 20.8. The van der Waals surface area contributed by atoms with E-state index in [1.54, 1.807) is 10.6 Å². The second-order valence-electron chi connectivity index (χ2n) is 34.2. The van der Waals surface area contributed by atoms with Crippen molar-refractivity contribution in [2.24, 2.45) is 0 Å². The molecule has 0 aliphatic heterocycles. The molecule has 0 spiro atoms. The third kappa shape index (κ3) is 13.1. The average molecular weight is 1780 g/mol. The van der Waals surface area contributed by atoms with Crippen molar-refractivity contribution in [2.45, 2.75) is 12.8 Å².